The van der Waals surface area contributed by atoms with Gasteiger partial charge in [0.1, 0.15) is 0 Å². The lowest BCUT2D eigenvalue weighted by Gasteiger charge is -2.12. The number of amidine groups is 1. The number of rotatable bonds is 3. The zero-order valence-corrected chi connectivity index (χ0v) is 14.5. The van der Waals surface area contributed by atoms with Crippen molar-refractivity contribution in [2.45, 2.75) is 32.4 Å². The molecule has 1 aliphatic rings. The summed E-state index contributed by atoms with van der Waals surface area (Å²) >= 11 is 11.5. The number of aliphatic imine (C=N–C) groups is 1. The quantitative estimate of drug-likeness (QED) is 0.785. The van der Waals surface area contributed by atoms with Crippen LogP contribution in [0.15, 0.2) is 21.6 Å². The average Bonchev–Trinajstić information content (AvgIpc) is 2.72. The summed E-state index contributed by atoms with van der Waals surface area (Å²) in [7, 11) is 0. The van der Waals surface area contributed by atoms with E-state index < -0.39 is 0 Å². The minimum Gasteiger partial charge on any atom is -0.334 e. The highest BCUT2D eigenvalue weighted by molar-refractivity contribution is 9.10. The van der Waals surface area contributed by atoms with Gasteiger partial charge in [0.25, 0.3) is 0 Å². The molecule has 2 rings (SSSR count). The maximum Gasteiger partial charge on any atom is 0.161 e. The molecule has 0 saturated carbocycles. The van der Waals surface area contributed by atoms with Crippen LogP contribution in [0.5, 0.6) is 0 Å². The summed E-state index contributed by atoms with van der Waals surface area (Å²) < 4.78 is 1.02. The van der Waals surface area contributed by atoms with Gasteiger partial charge < -0.3 is 5.32 Å². The van der Waals surface area contributed by atoms with E-state index in [-0.39, 0.29) is 0 Å². The molecular weight excluding hydrogens is 344 g/mol. The number of thioether (sulfide) groups is 1. The summed E-state index contributed by atoms with van der Waals surface area (Å²) in [6, 6.07) is 3.97. The second-order valence-electron chi connectivity index (χ2n) is 5.22. The summed E-state index contributed by atoms with van der Waals surface area (Å²) in [5.74, 6) is 0.715. The highest BCUT2D eigenvalue weighted by atomic mass is 79.9. The third-order valence-corrected chi connectivity index (χ3v) is 5.13. The van der Waals surface area contributed by atoms with Gasteiger partial charge >= 0.3 is 0 Å². The Kier molecular flexibility index (Phi) is 5.21. The fourth-order valence-corrected chi connectivity index (χ4v) is 3.98. The van der Waals surface area contributed by atoms with E-state index in [4.69, 9.17) is 11.6 Å². The van der Waals surface area contributed by atoms with Gasteiger partial charge in [0.05, 0.1) is 12.2 Å². The number of halogens is 2. The van der Waals surface area contributed by atoms with Crippen molar-refractivity contribution in [3.8, 4) is 0 Å². The Bertz CT molecular complexity index is 502. The molecule has 0 aliphatic carbocycles. The van der Waals surface area contributed by atoms with Crippen LogP contribution in [0.4, 0.5) is 5.69 Å². The Balaban J connectivity index is 2.01. The van der Waals surface area contributed by atoms with Crippen LogP contribution in [0.2, 0.25) is 5.02 Å². The number of benzene rings is 1. The normalized spacial score (nSPS) is 18.8. The van der Waals surface area contributed by atoms with Crippen LogP contribution in [-0.2, 0) is 0 Å². The van der Waals surface area contributed by atoms with E-state index in [9.17, 15) is 0 Å². The van der Waals surface area contributed by atoms with Gasteiger partial charge in [0.15, 0.2) is 5.17 Å². The molecule has 0 aromatic heterocycles. The third kappa shape index (κ3) is 4.14. The Hall–Kier alpha value is -0.190. The van der Waals surface area contributed by atoms with Gasteiger partial charge in [0, 0.05) is 14.7 Å². The van der Waals surface area contributed by atoms with Crippen molar-refractivity contribution in [2.75, 3.05) is 11.9 Å². The number of nitrogens with zero attached hydrogens (tertiary/aromatic N) is 1. The smallest absolute Gasteiger partial charge is 0.161 e. The van der Waals surface area contributed by atoms with E-state index in [2.05, 4.69) is 40.1 Å². The molecular formula is C14H18BrClN2S. The topological polar surface area (TPSA) is 24.4 Å². The van der Waals surface area contributed by atoms with Crippen molar-refractivity contribution in [1.29, 1.82) is 0 Å². The summed E-state index contributed by atoms with van der Waals surface area (Å²) in [5, 5.41) is 5.72. The van der Waals surface area contributed by atoms with Gasteiger partial charge in [-0.1, -0.05) is 37.2 Å². The SMILES string of the molecule is Cc1cc(Br)c(NC2=NCC(CC(C)C)S2)cc1Cl. The highest BCUT2D eigenvalue weighted by Gasteiger charge is 2.21. The van der Waals surface area contributed by atoms with Crippen LogP contribution >= 0.6 is 39.3 Å². The van der Waals surface area contributed by atoms with Crippen LogP contribution in [0.3, 0.4) is 0 Å². The molecule has 1 unspecified atom stereocenters. The molecule has 0 amide bonds. The lowest BCUT2D eigenvalue weighted by atomic mass is 10.1. The minimum absolute atomic E-state index is 0.599. The second-order valence-corrected chi connectivity index (χ2v) is 7.77. The van der Waals surface area contributed by atoms with Gasteiger partial charge in [-0.05, 0) is 52.9 Å². The van der Waals surface area contributed by atoms with Crippen molar-refractivity contribution in [3.05, 3.63) is 27.2 Å². The van der Waals surface area contributed by atoms with Gasteiger partial charge in [-0.3, -0.25) is 4.99 Å². The summed E-state index contributed by atoms with van der Waals surface area (Å²) in [6.45, 7) is 7.41. The number of aryl methyl sites for hydroxylation is 1. The monoisotopic (exact) mass is 360 g/mol. The van der Waals surface area contributed by atoms with Gasteiger partial charge in [-0.25, -0.2) is 0 Å². The zero-order valence-electron chi connectivity index (χ0n) is 11.3. The van der Waals surface area contributed by atoms with Crippen LogP contribution in [0.25, 0.3) is 0 Å². The summed E-state index contributed by atoms with van der Waals surface area (Å²) in [6.07, 6.45) is 1.20. The molecule has 1 atom stereocenters. The van der Waals surface area contributed by atoms with E-state index in [0.29, 0.717) is 11.2 Å². The number of anilines is 1. The first-order chi connectivity index (χ1) is 8.95. The van der Waals surface area contributed by atoms with E-state index >= 15 is 0 Å². The maximum atomic E-state index is 6.16. The molecule has 0 saturated heterocycles. The molecule has 1 N–H and O–H groups in total. The second kappa shape index (κ2) is 6.51. The molecule has 1 aromatic rings. The van der Waals surface area contributed by atoms with Crippen LogP contribution < -0.4 is 5.32 Å². The Morgan fingerprint density at radius 3 is 2.95 bits per heavy atom. The van der Waals surface area contributed by atoms with E-state index in [1.807, 2.05) is 30.8 Å². The predicted octanol–water partition coefficient (Wildman–Crippen LogP) is 5.34. The van der Waals surface area contributed by atoms with Gasteiger partial charge in [-0.2, -0.15) is 0 Å². The Labute approximate surface area is 132 Å². The largest absolute Gasteiger partial charge is 0.334 e. The van der Waals surface area contributed by atoms with Crippen molar-refractivity contribution in [3.63, 3.8) is 0 Å². The molecule has 19 heavy (non-hydrogen) atoms. The van der Waals surface area contributed by atoms with Crippen LogP contribution in [0, 0.1) is 12.8 Å². The van der Waals surface area contributed by atoms with E-state index in [1.165, 1.54) is 6.42 Å². The maximum absolute atomic E-state index is 6.16. The first kappa shape index (κ1) is 15.2. The Morgan fingerprint density at radius 1 is 1.53 bits per heavy atom. The fraction of sp³-hybridized carbons (Fsp3) is 0.500. The first-order valence-corrected chi connectivity index (χ1v) is 8.44. The molecule has 5 heteroatoms. The van der Waals surface area contributed by atoms with Crippen LogP contribution in [0.1, 0.15) is 25.8 Å². The molecule has 0 bridgehead atoms. The molecule has 1 aliphatic heterocycles. The lowest BCUT2D eigenvalue weighted by molar-refractivity contribution is 0.575. The van der Waals surface area contributed by atoms with Gasteiger partial charge in [0.2, 0.25) is 0 Å². The van der Waals surface area contributed by atoms with Gasteiger partial charge in [-0.15, -0.1) is 0 Å². The third-order valence-electron chi connectivity index (χ3n) is 2.94. The molecule has 104 valence electrons. The fourth-order valence-electron chi connectivity index (χ4n) is 1.99. The zero-order chi connectivity index (χ0) is 14.0. The minimum atomic E-state index is 0.599. The molecule has 2 nitrogen and oxygen atoms in total. The molecule has 1 aromatic carbocycles. The number of nitrogens with one attached hydrogen (secondary N) is 1. The standard InChI is InChI=1S/C14H18BrClN2S/c1-8(2)4-10-7-17-14(19-10)18-13-6-12(16)9(3)5-11(13)15/h5-6,8,10H,4,7H2,1-3H3,(H,17,18). The lowest BCUT2D eigenvalue weighted by Crippen LogP contribution is -2.10. The van der Waals surface area contributed by atoms with Crippen molar-refractivity contribution >= 4 is 50.1 Å². The summed E-state index contributed by atoms with van der Waals surface area (Å²) in [4.78, 5) is 4.56. The van der Waals surface area contributed by atoms with Crippen LogP contribution in [-0.4, -0.2) is 17.0 Å². The number of hydrogen-bond donors (Lipinski definition) is 1. The summed E-state index contributed by atoms with van der Waals surface area (Å²) in [5.41, 5.74) is 2.05. The van der Waals surface area contributed by atoms with Crippen molar-refractivity contribution in [1.82, 2.24) is 0 Å². The highest BCUT2D eigenvalue weighted by Crippen LogP contribution is 2.32. The van der Waals surface area contributed by atoms with E-state index in [1.54, 1.807) is 0 Å². The average molecular weight is 362 g/mol. The molecule has 0 spiro atoms. The van der Waals surface area contributed by atoms with Crippen molar-refractivity contribution in [2.24, 2.45) is 10.9 Å². The molecule has 0 radical (unpaired) electrons. The first-order valence-electron chi connectivity index (χ1n) is 6.39. The Morgan fingerprint density at radius 2 is 2.26 bits per heavy atom. The molecule has 1 heterocycles. The predicted molar refractivity (Wildman–Crippen MR) is 90.6 cm³/mol. The van der Waals surface area contributed by atoms with E-state index in [0.717, 1.165) is 32.5 Å². The number of hydrogen-bond acceptors (Lipinski definition) is 3. The molecule has 0 fully saturated rings. The van der Waals surface area contributed by atoms with Crippen molar-refractivity contribution < 1.29 is 0 Å².